The van der Waals surface area contributed by atoms with Crippen LogP contribution in [0.3, 0.4) is 0 Å². The van der Waals surface area contributed by atoms with E-state index in [1.807, 2.05) is 13.0 Å². The van der Waals surface area contributed by atoms with Gasteiger partial charge in [0.25, 0.3) is 11.5 Å². The minimum Gasteiger partial charge on any atom is -0.493 e. The highest BCUT2D eigenvalue weighted by molar-refractivity contribution is 6.05. The van der Waals surface area contributed by atoms with Crippen molar-refractivity contribution >= 4 is 17.2 Å². The molecule has 0 aliphatic carbocycles. The molecule has 6 nitrogen and oxygen atoms in total. The Balaban J connectivity index is 2.06. The number of aryl methyl sites for hydroxylation is 1. The molecule has 2 N–H and O–H groups in total. The Hall–Kier alpha value is -3.15. The van der Waals surface area contributed by atoms with Crippen LogP contribution in [0.1, 0.15) is 15.9 Å². The molecule has 0 saturated carbocycles. The van der Waals surface area contributed by atoms with Gasteiger partial charge < -0.3 is 10.4 Å². The first-order chi connectivity index (χ1) is 10.6. The van der Waals surface area contributed by atoms with E-state index in [9.17, 15) is 14.7 Å². The van der Waals surface area contributed by atoms with Gasteiger partial charge in [0.05, 0.1) is 0 Å². The minimum atomic E-state index is -0.696. The molecule has 2 aromatic heterocycles. The summed E-state index contributed by atoms with van der Waals surface area (Å²) in [5, 5.41) is 12.5. The van der Waals surface area contributed by atoms with E-state index in [2.05, 4.69) is 10.3 Å². The van der Waals surface area contributed by atoms with Gasteiger partial charge in [-0.1, -0.05) is 18.2 Å². The van der Waals surface area contributed by atoms with Gasteiger partial charge in [0.2, 0.25) is 5.88 Å². The van der Waals surface area contributed by atoms with Crippen molar-refractivity contribution in [3.05, 3.63) is 70.1 Å². The summed E-state index contributed by atoms with van der Waals surface area (Å²) in [5.41, 5.74) is 0.785. The van der Waals surface area contributed by atoms with Crippen LogP contribution < -0.4 is 10.9 Å². The predicted octanol–water partition coefficient (Wildman–Crippen LogP) is 1.96. The molecular weight excluding hydrogens is 282 g/mol. The normalized spacial score (nSPS) is 10.6. The van der Waals surface area contributed by atoms with Crippen LogP contribution >= 0.6 is 0 Å². The Morgan fingerprint density at radius 1 is 1.23 bits per heavy atom. The molecule has 0 spiro atoms. The Morgan fingerprint density at radius 2 is 2.05 bits per heavy atom. The molecule has 110 valence electrons. The summed E-state index contributed by atoms with van der Waals surface area (Å²) in [6.07, 6.45) is 1.49. The molecular formula is C16H13N3O3. The topological polar surface area (TPSA) is 83.7 Å². The van der Waals surface area contributed by atoms with Gasteiger partial charge in [-0.05, 0) is 36.8 Å². The lowest BCUT2D eigenvalue weighted by Gasteiger charge is -2.08. The van der Waals surface area contributed by atoms with Gasteiger partial charge in [-0.25, -0.2) is 0 Å². The molecule has 3 aromatic rings. The number of anilines is 1. The predicted molar refractivity (Wildman–Crippen MR) is 82.3 cm³/mol. The lowest BCUT2D eigenvalue weighted by Crippen LogP contribution is -2.27. The van der Waals surface area contributed by atoms with Gasteiger partial charge in [-0.3, -0.25) is 14.0 Å². The number of pyridine rings is 1. The Kier molecular flexibility index (Phi) is 3.34. The number of hydrogen-bond acceptors (Lipinski definition) is 4. The average molecular weight is 295 g/mol. The smallest absolute Gasteiger partial charge is 0.274 e. The maximum absolute atomic E-state index is 12.4. The molecule has 2 heterocycles. The maximum Gasteiger partial charge on any atom is 0.274 e. The molecule has 0 radical (unpaired) electrons. The number of aromatic hydroxyl groups is 1. The van der Waals surface area contributed by atoms with Crippen LogP contribution in [0.25, 0.3) is 5.65 Å². The first-order valence-electron chi connectivity index (χ1n) is 6.64. The molecule has 0 saturated heterocycles. The highest BCUT2D eigenvalue weighted by Crippen LogP contribution is 2.15. The minimum absolute atomic E-state index is 0.275. The van der Waals surface area contributed by atoms with E-state index >= 15 is 0 Å². The number of nitrogens with one attached hydrogen (secondary N) is 1. The van der Waals surface area contributed by atoms with Gasteiger partial charge in [-0.2, -0.15) is 4.98 Å². The van der Waals surface area contributed by atoms with E-state index in [0.717, 1.165) is 5.56 Å². The third-order valence-corrected chi connectivity index (χ3v) is 3.22. The Bertz CT molecular complexity index is 931. The number of aromatic nitrogens is 2. The molecule has 6 heteroatoms. The monoisotopic (exact) mass is 295 g/mol. The molecule has 0 unspecified atom stereocenters. The van der Waals surface area contributed by atoms with E-state index < -0.39 is 17.3 Å². The van der Waals surface area contributed by atoms with Crippen molar-refractivity contribution in [2.45, 2.75) is 6.92 Å². The molecule has 0 aliphatic rings. The fourth-order valence-corrected chi connectivity index (χ4v) is 2.19. The van der Waals surface area contributed by atoms with Crippen molar-refractivity contribution in [2.24, 2.45) is 0 Å². The fourth-order valence-electron chi connectivity index (χ4n) is 2.19. The van der Waals surface area contributed by atoms with Crippen molar-refractivity contribution in [3.8, 4) is 5.88 Å². The molecule has 1 amide bonds. The fraction of sp³-hybridized carbons (Fsp3) is 0.0625. The van der Waals surface area contributed by atoms with Crippen LogP contribution in [0.15, 0.2) is 53.5 Å². The first kappa shape index (κ1) is 13.8. The largest absolute Gasteiger partial charge is 0.493 e. The second-order valence-corrected chi connectivity index (χ2v) is 4.87. The third kappa shape index (κ3) is 2.42. The summed E-state index contributed by atoms with van der Waals surface area (Å²) < 4.78 is 1.21. The number of fused-ring (bicyclic) bond motifs is 1. The number of rotatable bonds is 2. The zero-order chi connectivity index (χ0) is 15.7. The van der Waals surface area contributed by atoms with Crippen molar-refractivity contribution in [2.75, 3.05) is 5.32 Å². The number of carbonyl (C=O) groups is 1. The number of carbonyl (C=O) groups excluding carboxylic acids is 1. The molecule has 0 atom stereocenters. The van der Waals surface area contributed by atoms with Crippen molar-refractivity contribution < 1.29 is 9.90 Å². The number of benzene rings is 1. The summed E-state index contributed by atoms with van der Waals surface area (Å²) in [5.74, 6) is -1.28. The summed E-state index contributed by atoms with van der Waals surface area (Å²) >= 11 is 0. The maximum atomic E-state index is 12.4. The second kappa shape index (κ2) is 5.33. The van der Waals surface area contributed by atoms with E-state index in [4.69, 9.17) is 0 Å². The highest BCUT2D eigenvalue weighted by Gasteiger charge is 2.19. The molecule has 0 aliphatic heterocycles. The van der Waals surface area contributed by atoms with Gasteiger partial charge in [-0.15, -0.1) is 0 Å². The summed E-state index contributed by atoms with van der Waals surface area (Å²) in [6, 6.07) is 12.1. The average Bonchev–Trinajstić information content (AvgIpc) is 2.47. The summed E-state index contributed by atoms with van der Waals surface area (Å²) in [7, 11) is 0. The molecule has 0 bridgehead atoms. The van der Waals surface area contributed by atoms with Gasteiger partial charge in [0.15, 0.2) is 5.56 Å². The van der Waals surface area contributed by atoms with Gasteiger partial charge in [0.1, 0.15) is 5.65 Å². The second-order valence-electron chi connectivity index (χ2n) is 4.87. The quantitative estimate of drug-likeness (QED) is 0.757. The number of hydrogen-bond donors (Lipinski definition) is 2. The van der Waals surface area contributed by atoms with Crippen molar-refractivity contribution in [1.82, 2.24) is 9.38 Å². The van der Waals surface area contributed by atoms with E-state index in [0.29, 0.717) is 5.69 Å². The molecule has 3 rings (SSSR count). The van der Waals surface area contributed by atoms with Crippen molar-refractivity contribution in [3.63, 3.8) is 0 Å². The van der Waals surface area contributed by atoms with Gasteiger partial charge >= 0.3 is 0 Å². The van der Waals surface area contributed by atoms with Crippen molar-refractivity contribution in [1.29, 1.82) is 0 Å². The van der Waals surface area contributed by atoms with E-state index in [1.165, 1.54) is 10.6 Å². The van der Waals surface area contributed by atoms with E-state index in [-0.39, 0.29) is 11.2 Å². The molecule has 1 aromatic carbocycles. The number of amides is 1. The van der Waals surface area contributed by atoms with Crippen LogP contribution in [-0.2, 0) is 0 Å². The Morgan fingerprint density at radius 3 is 2.82 bits per heavy atom. The molecule has 0 fully saturated rings. The van der Waals surface area contributed by atoms with E-state index in [1.54, 1.807) is 36.4 Å². The van der Waals surface area contributed by atoms with Crippen LogP contribution in [0.2, 0.25) is 0 Å². The Labute approximate surface area is 125 Å². The molecule has 22 heavy (non-hydrogen) atoms. The van der Waals surface area contributed by atoms with Crippen LogP contribution in [0.4, 0.5) is 5.69 Å². The third-order valence-electron chi connectivity index (χ3n) is 3.22. The van der Waals surface area contributed by atoms with Crippen LogP contribution in [0.5, 0.6) is 5.88 Å². The standard InChI is InChI=1S/C16H13N3O3/c1-10-5-4-6-11(9-10)17-14(20)13-15(21)18-12-7-2-3-8-19(12)16(13)22/h2-9,21H,1H3,(H,17,20). The zero-order valence-electron chi connectivity index (χ0n) is 11.8. The number of nitrogens with zero attached hydrogens (tertiary/aromatic N) is 2. The highest BCUT2D eigenvalue weighted by atomic mass is 16.3. The summed E-state index contributed by atoms with van der Waals surface area (Å²) in [4.78, 5) is 28.5. The summed E-state index contributed by atoms with van der Waals surface area (Å²) in [6.45, 7) is 1.89. The lowest BCUT2D eigenvalue weighted by atomic mass is 10.2. The van der Waals surface area contributed by atoms with Crippen LogP contribution in [0, 0.1) is 6.92 Å². The first-order valence-corrected chi connectivity index (χ1v) is 6.64. The zero-order valence-corrected chi connectivity index (χ0v) is 11.8. The lowest BCUT2D eigenvalue weighted by molar-refractivity contribution is 0.102. The van der Waals surface area contributed by atoms with Crippen LogP contribution in [-0.4, -0.2) is 20.4 Å². The SMILES string of the molecule is Cc1cccc(NC(=O)c2c(O)nc3ccccn3c2=O)c1. The van der Waals surface area contributed by atoms with Gasteiger partial charge in [0, 0.05) is 11.9 Å².